The summed E-state index contributed by atoms with van der Waals surface area (Å²) in [5.74, 6) is 0.820. The molecular formula is C10H16N2O. The molecule has 2 N–H and O–H groups in total. The Morgan fingerprint density at radius 3 is 2.85 bits per heavy atom. The van der Waals surface area contributed by atoms with Gasteiger partial charge in [-0.2, -0.15) is 0 Å². The summed E-state index contributed by atoms with van der Waals surface area (Å²) in [6, 6.07) is 1.99. The third kappa shape index (κ3) is 3.42. The molecule has 0 aromatic carbocycles. The normalized spacial score (nSPS) is 10.5. The standard InChI is InChI=1S/C10H16N2O/c1-8(2)13-10-5-9(3-4-11)6-12-7-10/h5-8H,3-4,11H2,1-2H3. The second-order valence-electron chi connectivity index (χ2n) is 3.23. The van der Waals surface area contributed by atoms with E-state index in [1.165, 1.54) is 0 Å². The first kappa shape index (κ1) is 9.99. The van der Waals surface area contributed by atoms with Crippen molar-refractivity contribution in [2.45, 2.75) is 26.4 Å². The first-order valence-electron chi connectivity index (χ1n) is 4.53. The van der Waals surface area contributed by atoms with E-state index in [9.17, 15) is 0 Å². The van der Waals surface area contributed by atoms with Crippen molar-refractivity contribution in [3.63, 3.8) is 0 Å². The molecule has 0 spiro atoms. The van der Waals surface area contributed by atoms with E-state index in [0.717, 1.165) is 17.7 Å². The summed E-state index contributed by atoms with van der Waals surface area (Å²) < 4.78 is 5.50. The molecule has 0 radical (unpaired) electrons. The van der Waals surface area contributed by atoms with Crippen LogP contribution in [0.1, 0.15) is 19.4 Å². The fourth-order valence-corrected chi connectivity index (χ4v) is 1.10. The summed E-state index contributed by atoms with van der Waals surface area (Å²) >= 11 is 0. The Morgan fingerprint density at radius 2 is 2.23 bits per heavy atom. The average molecular weight is 180 g/mol. The Morgan fingerprint density at radius 1 is 1.46 bits per heavy atom. The average Bonchev–Trinajstić information content (AvgIpc) is 2.04. The van der Waals surface area contributed by atoms with E-state index in [1.54, 1.807) is 6.20 Å². The Kier molecular flexibility index (Phi) is 3.71. The number of nitrogens with two attached hydrogens (primary N) is 1. The predicted molar refractivity (Wildman–Crippen MR) is 52.8 cm³/mol. The van der Waals surface area contributed by atoms with Crippen molar-refractivity contribution >= 4 is 0 Å². The fourth-order valence-electron chi connectivity index (χ4n) is 1.10. The van der Waals surface area contributed by atoms with Crippen molar-refractivity contribution in [2.75, 3.05) is 6.54 Å². The number of ether oxygens (including phenoxy) is 1. The first-order chi connectivity index (χ1) is 6.22. The van der Waals surface area contributed by atoms with E-state index in [1.807, 2.05) is 26.1 Å². The summed E-state index contributed by atoms with van der Waals surface area (Å²) in [7, 11) is 0. The van der Waals surface area contributed by atoms with Gasteiger partial charge in [0.15, 0.2) is 0 Å². The number of pyridine rings is 1. The fraction of sp³-hybridized carbons (Fsp3) is 0.500. The van der Waals surface area contributed by atoms with Gasteiger partial charge in [-0.1, -0.05) is 0 Å². The van der Waals surface area contributed by atoms with Crippen LogP contribution in [0, 0.1) is 0 Å². The summed E-state index contributed by atoms with van der Waals surface area (Å²) in [6.45, 7) is 4.64. The predicted octanol–water partition coefficient (Wildman–Crippen LogP) is 1.37. The zero-order chi connectivity index (χ0) is 9.68. The van der Waals surface area contributed by atoms with Gasteiger partial charge in [-0.3, -0.25) is 4.98 Å². The Labute approximate surface area is 78.9 Å². The lowest BCUT2D eigenvalue weighted by Gasteiger charge is -2.09. The molecule has 1 aromatic rings. The molecule has 13 heavy (non-hydrogen) atoms. The van der Waals surface area contributed by atoms with Gasteiger partial charge in [-0.15, -0.1) is 0 Å². The Hall–Kier alpha value is -1.09. The van der Waals surface area contributed by atoms with Crippen molar-refractivity contribution < 1.29 is 4.74 Å². The monoisotopic (exact) mass is 180 g/mol. The van der Waals surface area contributed by atoms with Crippen LogP contribution in [0.3, 0.4) is 0 Å². The molecule has 0 aliphatic heterocycles. The largest absolute Gasteiger partial charge is 0.489 e. The number of hydrogen-bond donors (Lipinski definition) is 1. The van der Waals surface area contributed by atoms with Crippen LogP contribution in [-0.2, 0) is 6.42 Å². The van der Waals surface area contributed by atoms with E-state index in [2.05, 4.69) is 4.98 Å². The summed E-state index contributed by atoms with van der Waals surface area (Å²) in [5.41, 5.74) is 6.57. The van der Waals surface area contributed by atoms with Crippen LogP contribution in [0.5, 0.6) is 5.75 Å². The maximum Gasteiger partial charge on any atom is 0.138 e. The minimum absolute atomic E-state index is 0.190. The van der Waals surface area contributed by atoms with E-state index in [4.69, 9.17) is 10.5 Å². The van der Waals surface area contributed by atoms with Crippen LogP contribution in [-0.4, -0.2) is 17.6 Å². The highest BCUT2D eigenvalue weighted by molar-refractivity contribution is 5.23. The molecule has 0 aliphatic rings. The molecule has 0 fully saturated rings. The van der Waals surface area contributed by atoms with Crippen molar-refractivity contribution in [1.29, 1.82) is 0 Å². The summed E-state index contributed by atoms with van der Waals surface area (Å²) in [4.78, 5) is 4.08. The third-order valence-electron chi connectivity index (χ3n) is 1.57. The molecule has 1 aromatic heterocycles. The van der Waals surface area contributed by atoms with Crippen LogP contribution >= 0.6 is 0 Å². The van der Waals surface area contributed by atoms with E-state index in [0.29, 0.717) is 6.54 Å². The highest BCUT2D eigenvalue weighted by Gasteiger charge is 1.99. The number of rotatable bonds is 4. The van der Waals surface area contributed by atoms with Gasteiger partial charge in [0.25, 0.3) is 0 Å². The molecule has 0 bridgehead atoms. The third-order valence-corrected chi connectivity index (χ3v) is 1.57. The van der Waals surface area contributed by atoms with Gasteiger partial charge < -0.3 is 10.5 Å². The molecule has 0 unspecified atom stereocenters. The van der Waals surface area contributed by atoms with Crippen molar-refractivity contribution in [2.24, 2.45) is 5.73 Å². The first-order valence-corrected chi connectivity index (χ1v) is 4.53. The van der Waals surface area contributed by atoms with Crippen molar-refractivity contribution in [3.8, 4) is 5.75 Å². The van der Waals surface area contributed by atoms with Gasteiger partial charge in [0.1, 0.15) is 5.75 Å². The minimum Gasteiger partial charge on any atom is -0.489 e. The van der Waals surface area contributed by atoms with Crippen molar-refractivity contribution in [3.05, 3.63) is 24.0 Å². The Bertz CT molecular complexity index is 261. The molecule has 3 heteroatoms. The molecule has 0 aliphatic carbocycles. The lowest BCUT2D eigenvalue weighted by atomic mass is 10.2. The zero-order valence-electron chi connectivity index (χ0n) is 8.16. The highest BCUT2D eigenvalue weighted by Crippen LogP contribution is 2.12. The van der Waals surface area contributed by atoms with Crippen LogP contribution < -0.4 is 10.5 Å². The van der Waals surface area contributed by atoms with Gasteiger partial charge in [0, 0.05) is 6.20 Å². The molecule has 3 nitrogen and oxygen atoms in total. The van der Waals surface area contributed by atoms with Gasteiger partial charge in [-0.25, -0.2) is 0 Å². The Balaban J connectivity index is 2.67. The molecule has 72 valence electrons. The minimum atomic E-state index is 0.190. The van der Waals surface area contributed by atoms with Gasteiger partial charge in [0.2, 0.25) is 0 Å². The van der Waals surface area contributed by atoms with Gasteiger partial charge in [-0.05, 0) is 38.4 Å². The lowest BCUT2D eigenvalue weighted by molar-refractivity contribution is 0.241. The van der Waals surface area contributed by atoms with E-state index >= 15 is 0 Å². The molecule has 1 heterocycles. The van der Waals surface area contributed by atoms with Crippen LogP contribution in [0.25, 0.3) is 0 Å². The maximum atomic E-state index is 5.50. The van der Waals surface area contributed by atoms with Crippen LogP contribution in [0.2, 0.25) is 0 Å². The molecule has 0 amide bonds. The lowest BCUT2D eigenvalue weighted by Crippen LogP contribution is -2.07. The topological polar surface area (TPSA) is 48.1 Å². The summed E-state index contributed by atoms with van der Waals surface area (Å²) in [5, 5.41) is 0. The quantitative estimate of drug-likeness (QED) is 0.761. The summed E-state index contributed by atoms with van der Waals surface area (Å²) in [6.07, 6.45) is 4.58. The van der Waals surface area contributed by atoms with E-state index < -0.39 is 0 Å². The van der Waals surface area contributed by atoms with Gasteiger partial charge in [0.05, 0.1) is 12.3 Å². The van der Waals surface area contributed by atoms with Crippen LogP contribution in [0.15, 0.2) is 18.5 Å². The maximum absolute atomic E-state index is 5.50. The zero-order valence-corrected chi connectivity index (χ0v) is 8.16. The van der Waals surface area contributed by atoms with Crippen molar-refractivity contribution in [1.82, 2.24) is 4.98 Å². The van der Waals surface area contributed by atoms with Crippen LogP contribution in [0.4, 0.5) is 0 Å². The second kappa shape index (κ2) is 4.82. The molecule has 1 rings (SSSR count). The molecule has 0 atom stereocenters. The SMILES string of the molecule is CC(C)Oc1cncc(CCN)c1. The number of nitrogens with zero attached hydrogens (tertiary/aromatic N) is 1. The highest BCUT2D eigenvalue weighted by atomic mass is 16.5. The number of hydrogen-bond acceptors (Lipinski definition) is 3. The van der Waals surface area contributed by atoms with E-state index in [-0.39, 0.29) is 6.10 Å². The number of aromatic nitrogens is 1. The molecular weight excluding hydrogens is 164 g/mol. The van der Waals surface area contributed by atoms with Gasteiger partial charge >= 0.3 is 0 Å². The second-order valence-corrected chi connectivity index (χ2v) is 3.23. The molecule has 0 saturated heterocycles. The molecule has 0 saturated carbocycles. The smallest absolute Gasteiger partial charge is 0.138 e.